The van der Waals surface area contributed by atoms with Crippen LogP contribution >= 0.6 is 11.6 Å². The van der Waals surface area contributed by atoms with Crippen LogP contribution < -0.4 is 10.1 Å². The number of carbonyl (C=O) groups is 3. The summed E-state index contributed by atoms with van der Waals surface area (Å²) < 4.78 is 20.2. The number of nitrogens with zero attached hydrogens (tertiary/aromatic N) is 3. The van der Waals surface area contributed by atoms with Gasteiger partial charge in [-0.1, -0.05) is 23.7 Å². The highest BCUT2D eigenvalue weighted by atomic mass is 35.5. The van der Waals surface area contributed by atoms with Crippen LogP contribution in [0.3, 0.4) is 0 Å². The second kappa shape index (κ2) is 11.6. The molecule has 1 aliphatic rings. The summed E-state index contributed by atoms with van der Waals surface area (Å²) in [6.45, 7) is -0.0526. The molecule has 1 N–H and O–H groups in total. The van der Waals surface area contributed by atoms with Crippen molar-refractivity contribution in [3.8, 4) is 5.75 Å². The monoisotopic (exact) mass is 558 g/mol. The number of fused-ring (bicyclic) bond motifs is 1. The van der Waals surface area contributed by atoms with Gasteiger partial charge in [0, 0.05) is 41.9 Å². The zero-order chi connectivity index (χ0) is 28.2. The highest BCUT2D eigenvalue weighted by Crippen LogP contribution is 2.27. The number of carbonyl (C=O) groups excluding carboxylic acids is 3. The number of rotatable bonds is 7. The second-order valence-corrected chi connectivity index (χ2v) is 9.71. The Labute approximate surface area is 234 Å². The van der Waals surface area contributed by atoms with Crippen molar-refractivity contribution in [2.75, 3.05) is 12.4 Å². The fraction of sp³-hybridized carbons (Fsp3) is 0.167. The number of hydrogen-bond donors (Lipinski definition) is 1. The number of ether oxygens (including phenoxy) is 1. The van der Waals surface area contributed by atoms with Crippen LogP contribution in [0.15, 0.2) is 79.1 Å². The second-order valence-electron chi connectivity index (χ2n) is 9.27. The molecule has 0 saturated carbocycles. The maximum atomic E-state index is 15.2. The Bertz CT molecular complexity index is 1580. The van der Waals surface area contributed by atoms with Gasteiger partial charge >= 0.3 is 0 Å². The average molecular weight is 559 g/mol. The molecular formula is C30H24ClFN4O4. The van der Waals surface area contributed by atoms with Crippen LogP contribution in [0.25, 0.3) is 0 Å². The molecule has 40 heavy (non-hydrogen) atoms. The first-order chi connectivity index (χ1) is 19.3. The first-order valence-electron chi connectivity index (χ1n) is 12.4. The molecule has 0 bridgehead atoms. The summed E-state index contributed by atoms with van der Waals surface area (Å²) >= 11 is 6.15. The van der Waals surface area contributed by atoms with Gasteiger partial charge in [-0.05, 0) is 65.7 Å². The molecular weight excluding hydrogens is 535 g/mol. The lowest BCUT2D eigenvalue weighted by atomic mass is 9.99. The molecule has 1 aliphatic heterocycles. The van der Waals surface area contributed by atoms with Crippen LogP contribution in [-0.4, -0.2) is 45.6 Å². The summed E-state index contributed by atoms with van der Waals surface area (Å²) in [6, 6.07) is 16.6. The van der Waals surface area contributed by atoms with Gasteiger partial charge in [0.25, 0.3) is 11.8 Å². The Morgan fingerprint density at radius 3 is 2.65 bits per heavy atom. The topological polar surface area (TPSA) is 101 Å². The van der Waals surface area contributed by atoms with Gasteiger partial charge in [0.1, 0.15) is 17.4 Å². The van der Waals surface area contributed by atoms with Crippen LogP contribution in [0.1, 0.15) is 37.5 Å². The normalized spacial score (nSPS) is 14.9. The van der Waals surface area contributed by atoms with Gasteiger partial charge in [-0.15, -0.1) is 0 Å². The third kappa shape index (κ3) is 5.84. The quantitative estimate of drug-likeness (QED) is 0.346. The maximum Gasteiger partial charge on any atom is 0.259 e. The van der Waals surface area contributed by atoms with Gasteiger partial charge in [-0.3, -0.25) is 19.4 Å². The van der Waals surface area contributed by atoms with Crippen LogP contribution in [0.2, 0.25) is 5.02 Å². The van der Waals surface area contributed by atoms with Gasteiger partial charge in [0.2, 0.25) is 0 Å². The summed E-state index contributed by atoms with van der Waals surface area (Å²) in [5.74, 6) is -1.25. The number of ketones is 1. The van der Waals surface area contributed by atoms with E-state index in [1.54, 1.807) is 48.7 Å². The van der Waals surface area contributed by atoms with Crippen molar-refractivity contribution in [3.05, 3.63) is 118 Å². The number of pyridine rings is 2. The van der Waals surface area contributed by atoms with E-state index in [2.05, 4.69) is 15.3 Å². The first kappa shape index (κ1) is 27.0. The number of halogens is 2. The molecule has 0 radical (unpaired) electrons. The van der Waals surface area contributed by atoms with Crippen LogP contribution in [0.4, 0.5) is 10.2 Å². The Hall–Kier alpha value is -4.63. The molecule has 4 aromatic rings. The zero-order valence-electron chi connectivity index (χ0n) is 21.4. The predicted molar refractivity (Wildman–Crippen MR) is 147 cm³/mol. The average Bonchev–Trinajstić information content (AvgIpc) is 3.03. The molecule has 10 heteroatoms. The van der Waals surface area contributed by atoms with E-state index in [1.165, 1.54) is 36.4 Å². The molecule has 0 unspecified atom stereocenters. The third-order valence-electron chi connectivity index (χ3n) is 6.64. The van der Waals surface area contributed by atoms with Crippen molar-refractivity contribution in [2.45, 2.75) is 25.4 Å². The van der Waals surface area contributed by atoms with E-state index in [0.29, 0.717) is 33.2 Å². The summed E-state index contributed by atoms with van der Waals surface area (Å²) in [5, 5.41) is 2.98. The van der Waals surface area contributed by atoms with Gasteiger partial charge in [-0.2, -0.15) is 0 Å². The molecule has 1 atom stereocenters. The van der Waals surface area contributed by atoms with Crippen molar-refractivity contribution in [2.24, 2.45) is 0 Å². The lowest BCUT2D eigenvalue weighted by Crippen LogP contribution is -2.45. The Balaban J connectivity index is 1.42. The molecule has 0 aliphatic carbocycles. The Morgan fingerprint density at radius 1 is 1.10 bits per heavy atom. The highest BCUT2D eigenvalue weighted by molar-refractivity contribution is 6.30. The number of methoxy groups -OCH3 is 1. The fourth-order valence-corrected chi connectivity index (χ4v) is 4.81. The van der Waals surface area contributed by atoms with E-state index in [4.69, 9.17) is 16.3 Å². The number of nitrogens with one attached hydrogen (secondary N) is 1. The minimum absolute atomic E-state index is 0.0303. The number of aromatic nitrogens is 2. The SMILES string of the molecule is COc1ccc(NC(=O)c2ccc(CN3C(=O)c4ccc(Cl)cc4CC(=O)[C@H]3Cc3ccccn3)cc2F)nc1. The molecule has 2 aromatic carbocycles. The van der Waals surface area contributed by atoms with E-state index >= 15 is 4.39 Å². The smallest absolute Gasteiger partial charge is 0.259 e. The van der Waals surface area contributed by atoms with Crippen molar-refractivity contribution < 1.29 is 23.5 Å². The summed E-state index contributed by atoms with van der Waals surface area (Å²) in [4.78, 5) is 49.7. The molecule has 5 rings (SSSR count). The van der Waals surface area contributed by atoms with Gasteiger partial charge in [-0.25, -0.2) is 9.37 Å². The van der Waals surface area contributed by atoms with Crippen LogP contribution in [-0.2, 0) is 24.2 Å². The Morgan fingerprint density at radius 2 is 1.95 bits per heavy atom. The number of benzene rings is 2. The van der Waals surface area contributed by atoms with Crippen molar-refractivity contribution in [1.29, 1.82) is 0 Å². The lowest BCUT2D eigenvalue weighted by Gasteiger charge is -2.29. The molecule has 8 nitrogen and oxygen atoms in total. The zero-order valence-corrected chi connectivity index (χ0v) is 22.2. The van der Waals surface area contributed by atoms with E-state index in [-0.39, 0.29) is 42.5 Å². The number of anilines is 1. The molecule has 202 valence electrons. The van der Waals surface area contributed by atoms with E-state index in [9.17, 15) is 14.4 Å². The molecule has 2 amide bonds. The highest BCUT2D eigenvalue weighted by Gasteiger charge is 2.36. The van der Waals surface area contributed by atoms with Crippen molar-refractivity contribution in [1.82, 2.24) is 14.9 Å². The van der Waals surface area contributed by atoms with Crippen molar-refractivity contribution >= 4 is 35.0 Å². The lowest BCUT2D eigenvalue weighted by molar-refractivity contribution is -0.122. The predicted octanol–water partition coefficient (Wildman–Crippen LogP) is 4.91. The van der Waals surface area contributed by atoms with Gasteiger partial charge < -0.3 is 15.0 Å². The number of Topliss-reactive ketones (excluding diaryl/α,β-unsaturated/α-hetero) is 1. The standard InChI is InChI=1S/C30H24ClFN4O4/c1-40-22-7-10-28(34-16-22)35-29(38)24-8-5-18(12-25(24)32)17-36-26(15-21-4-2-3-11-33-21)27(37)14-19-13-20(31)6-9-23(19)30(36)39/h2-13,16,26H,14-15,17H2,1H3,(H,34,35,38)/t26-/m1/s1. The van der Waals surface area contributed by atoms with Gasteiger partial charge in [0.15, 0.2) is 5.78 Å². The number of hydrogen-bond acceptors (Lipinski definition) is 6. The summed E-state index contributed by atoms with van der Waals surface area (Å²) in [6.07, 6.45) is 3.29. The molecule has 0 fully saturated rings. The van der Waals surface area contributed by atoms with E-state index in [0.717, 1.165) is 0 Å². The van der Waals surface area contributed by atoms with Crippen LogP contribution in [0, 0.1) is 5.82 Å². The fourth-order valence-electron chi connectivity index (χ4n) is 4.61. The Kier molecular flexibility index (Phi) is 7.84. The van der Waals surface area contributed by atoms with E-state index < -0.39 is 17.8 Å². The number of amides is 2. The molecule has 2 aromatic heterocycles. The molecule has 3 heterocycles. The maximum absolute atomic E-state index is 15.2. The van der Waals surface area contributed by atoms with Crippen LogP contribution in [0.5, 0.6) is 5.75 Å². The molecule has 0 saturated heterocycles. The minimum Gasteiger partial charge on any atom is -0.495 e. The summed E-state index contributed by atoms with van der Waals surface area (Å²) in [5.41, 5.74) is 1.78. The summed E-state index contributed by atoms with van der Waals surface area (Å²) in [7, 11) is 1.50. The minimum atomic E-state index is -0.833. The van der Waals surface area contributed by atoms with Crippen molar-refractivity contribution in [3.63, 3.8) is 0 Å². The van der Waals surface area contributed by atoms with E-state index in [1.807, 2.05) is 6.07 Å². The first-order valence-corrected chi connectivity index (χ1v) is 12.8. The largest absolute Gasteiger partial charge is 0.495 e. The van der Waals surface area contributed by atoms with Gasteiger partial charge in [0.05, 0.1) is 24.9 Å². The third-order valence-corrected chi connectivity index (χ3v) is 6.88. The molecule has 0 spiro atoms.